The number of hydrazone groups is 2. The van der Waals surface area contributed by atoms with Gasteiger partial charge in [-0.05, 0) is 55.4 Å². The van der Waals surface area contributed by atoms with Gasteiger partial charge in [0.15, 0.2) is 5.78 Å². The van der Waals surface area contributed by atoms with Gasteiger partial charge < -0.3 is 40.4 Å². The predicted molar refractivity (Wildman–Crippen MR) is 199 cm³/mol. The molecule has 3 heterocycles. The molecule has 2 radical (unpaired) electrons. The summed E-state index contributed by atoms with van der Waals surface area (Å²) in [6.07, 6.45) is 1.66. The number of para-hydroxylation sites is 2. The number of anilines is 2. The third-order valence-electron chi connectivity index (χ3n) is 7.21. The van der Waals surface area contributed by atoms with Crippen molar-refractivity contribution in [2.75, 3.05) is 10.0 Å². The number of ketones is 1. The van der Waals surface area contributed by atoms with E-state index in [1.54, 1.807) is 6.92 Å². The first-order valence-corrected chi connectivity index (χ1v) is 17.2. The number of carbonyl (C=O) groups is 2. The number of carbonyl (C=O) groups excluding carboxylic acids is 2. The molecule has 3 aliphatic heterocycles. The maximum absolute atomic E-state index is 12.4. The van der Waals surface area contributed by atoms with Crippen LogP contribution in [0.2, 0.25) is 5.79 Å². The van der Waals surface area contributed by atoms with Crippen LogP contribution < -0.4 is 10.0 Å². The van der Waals surface area contributed by atoms with E-state index in [0.717, 1.165) is 17.8 Å². The van der Waals surface area contributed by atoms with Crippen molar-refractivity contribution >= 4 is 66.7 Å². The number of nitrogens with zero attached hydrogens (tertiary/aromatic N) is 4. The summed E-state index contributed by atoms with van der Waals surface area (Å²) in [5, 5.41) is 12.4. The van der Waals surface area contributed by atoms with Gasteiger partial charge in [0, 0.05) is 18.2 Å². The minimum atomic E-state index is -0.932. The third kappa shape index (κ3) is 14.3. The predicted octanol–water partition coefficient (Wildman–Crippen LogP) is 1.23. The molecule has 0 aromatic heterocycles. The second kappa shape index (κ2) is 23.0. The zero-order valence-corrected chi connectivity index (χ0v) is 32.8. The van der Waals surface area contributed by atoms with E-state index >= 15 is 0 Å². The summed E-state index contributed by atoms with van der Waals surface area (Å²) in [6, 6.07) is 19.5. The summed E-state index contributed by atoms with van der Waals surface area (Å²) in [5.41, 5.74) is 3.61. The highest BCUT2D eigenvalue weighted by Crippen LogP contribution is 2.38. The van der Waals surface area contributed by atoms with Gasteiger partial charge >= 0.3 is 15.9 Å². The molecule has 5 rings (SSSR count). The second-order valence-electron chi connectivity index (χ2n) is 13.5. The molecule has 4 atom stereocenters. The molecule has 1 saturated heterocycles. The summed E-state index contributed by atoms with van der Waals surface area (Å²) < 4.78 is 12.0. The van der Waals surface area contributed by atoms with E-state index in [1.165, 1.54) is 5.01 Å². The van der Waals surface area contributed by atoms with Crippen molar-refractivity contribution in [1.29, 1.82) is 0 Å². The van der Waals surface area contributed by atoms with Crippen molar-refractivity contribution in [3.05, 3.63) is 60.7 Å². The van der Waals surface area contributed by atoms with E-state index in [0.29, 0.717) is 17.8 Å². The number of fused-ring (bicyclic) bond motifs is 1. The number of rotatable bonds is 5. The topological polar surface area (TPSA) is 273 Å². The number of hydrogen-bond acceptors (Lipinski definition) is 7. The molecule has 49 heavy (non-hydrogen) atoms. The summed E-state index contributed by atoms with van der Waals surface area (Å²) in [7, 11) is 0. The molecule has 3 aliphatic rings. The van der Waals surface area contributed by atoms with Crippen LogP contribution in [0.25, 0.3) is 0 Å². The average Bonchev–Trinajstić information content (AvgIpc) is 3.45. The fourth-order valence-corrected chi connectivity index (χ4v) is 6.54. The van der Waals surface area contributed by atoms with Gasteiger partial charge in [-0.1, -0.05) is 77.9 Å². The summed E-state index contributed by atoms with van der Waals surface area (Å²) in [5.74, 6) is 1.13. The first-order chi connectivity index (χ1) is 20.2. The van der Waals surface area contributed by atoms with Crippen LogP contribution in [0.1, 0.15) is 68.2 Å². The summed E-state index contributed by atoms with van der Waals surface area (Å²) in [4.78, 5) is 24.8. The fraction of sp³-hybridized carbons (Fsp3) is 0.515. The molecule has 276 valence electrons. The highest BCUT2D eigenvalue weighted by Gasteiger charge is 2.46. The van der Waals surface area contributed by atoms with Gasteiger partial charge in [0.2, 0.25) is 0 Å². The Bertz CT molecular complexity index is 1310. The Kier molecular flexibility index (Phi) is 25.0. The van der Waals surface area contributed by atoms with Crippen LogP contribution in [0.3, 0.4) is 0 Å². The van der Waals surface area contributed by atoms with Crippen LogP contribution in [0.5, 0.6) is 0 Å². The Morgan fingerprint density at radius 2 is 1.24 bits per heavy atom. The first kappa shape index (κ1) is 53.3. The molecule has 1 amide bonds. The Hall–Kier alpha value is -2.54. The molecule has 0 bridgehead atoms. The van der Waals surface area contributed by atoms with Crippen LogP contribution in [0, 0.1) is 22.7 Å². The van der Waals surface area contributed by atoms with E-state index in [4.69, 9.17) is 12.7 Å². The van der Waals surface area contributed by atoms with Gasteiger partial charge in [-0.2, -0.15) is 15.2 Å². The largest absolute Gasteiger partial charge is 0.651 e. The van der Waals surface area contributed by atoms with Gasteiger partial charge in [-0.15, -0.1) is 5.79 Å². The quantitative estimate of drug-likeness (QED) is 0.324. The van der Waals surface area contributed by atoms with Gasteiger partial charge in [0.25, 0.3) is 5.91 Å². The van der Waals surface area contributed by atoms with E-state index in [-0.39, 0.29) is 73.6 Å². The first-order valence-electron chi connectivity index (χ1n) is 14.9. The number of amides is 1. The van der Waals surface area contributed by atoms with Gasteiger partial charge in [0.1, 0.15) is 28.4 Å². The monoisotopic (exact) mass is 724 g/mol. The van der Waals surface area contributed by atoms with Crippen molar-refractivity contribution in [2.24, 2.45) is 32.9 Å². The van der Waals surface area contributed by atoms with Crippen LogP contribution in [0.15, 0.2) is 70.9 Å². The lowest BCUT2D eigenvalue weighted by Crippen LogP contribution is -2.49. The van der Waals surface area contributed by atoms with Crippen molar-refractivity contribution in [3.8, 4) is 0 Å². The maximum atomic E-state index is 12.4. The van der Waals surface area contributed by atoms with Crippen LogP contribution in [0.4, 0.5) is 11.4 Å². The SMILES string of the molecule is CC1=NN(c2ccccc2)C(=O)C1C(=O)CC(C)(C)C.CC1=NN(c2ccccc2)C2[O][AlH][O]C(CC(C)(C)C)C12.O.O.O.O.O.O.[CH3][Al]. The Labute approximate surface area is 305 Å². The molecule has 16 heteroatoms. The highest BCUT2D eigenvalue weighted by atomic mass is 27.2. The molecule has 1 fully saturated rings. The van der Waals surface area contributed by atoms with Crippen LogP contribution >= 0.6 is 0 Å². The van der Waals surface area contributed by atoms with Crippen molar-refractivity contribution < 1.29 is 50.0 Å². The minimum absolute atomic E-state index is 0. The smallest absolute Gasteiger partial charge is 0.478 e. The van der Waals surface area contributed by atoms with Gasteiger partial charge in [0.05, 0.1) is 23.0 Å². The summed E-state index contributed by atoms with van der Waals surface area (Å²) in [6.45, 7) is 16.6. The molecule has 0 spiro atoms. The molecule has 2 aromatic rings. The zero-order chi connectivity index (χ0) is 31.9. The van der Waals surface area contributed by atoms with E-state index in [2.05, 4.69) is 61.2 Å². The molecule has 12 N–H and O–H groups in total. The number of hydrogen-bond donors (Lipinski definition) is 0. The molecule has 2 aromatic carbocycles. The second-order valence-corrected chi connectivity index (χ2v) is 14.4. The van der Waals surface area contributed by atoms with Gasteiger partial charge in [-0.25, -0.2) is 5.01 Å². The molecule has 0 aliphatic carbocycles. The lowest BCUT2D eigenvalue weighted by molar-refractivity contribution is -0.130. The highest BCUT2D eigenvalue weighted by molar-refractivity contribution is 6.27. The molecule has 0 saturated carbocycles. The van der Waals surface area contributed by atoms with E-state index < -0.39 is 21.8 Å². The normalized spacial score (nSPS) is 20.3. The van der Waals surface area contributed by atoms with E-state index in [1.807, 2.05) is 80.1 Å². The van der Waals surface area contributed by atoms with E-state index in [9.17, 15) is 9.59 Å². The summed E-state index contributed by atoms with van der Waals surface area (Å²) >= 11 is 1.48. The number of Topliss-reactive ketones (excluding diaryl/α,β-unsaturated/α-hetero) is 1. The van der Waals surface area contributed by atoms with Crippen molar-refractivity contribution in [1.82, 2.24) is 0 Å². The van der Waals surface area contributed by atoms with Crippen LogP contribution in [-0.4, -0.2) is 100 Å². The van der Waals surface area contributed by atoms with Gasteiger partial charge in [-0.3, -0.25) is 9.59 Å². The molecular formula is C33H58Al2N4O10. The molecule has 4 unspecified atom stereocenters. The number of benzene rings is 2. The Morgan fingerprint density at radius 3 is 1.71 bits per heavy atom. The zero-order valence-electron chi connectivity index (χ0n) is 30.2. The molecular weight excluding hydrogens is 666 g/mol. The standard InChI is InChI=1S/C16H22N2O2.C16H20N2O2.CH3.2Al.6H2O.H/c2*1-11-14(13(19)10-16(2,3)4)15(20)18(17-11)12-8-6-5-7-9-12;;;;;;;;;;/h5-9,13-15H,10H2,1-4H3;5-9,14H,10H2,1-4H3;1H3;;;6*1H2;/q-2;;;;+2;;;;;;;. The van der Waals surface area contributed by atoms with Crippen molar-refractivity contribution in [3.63, 3.8) is 0 Å². The van der Waals surface area contributed by atoms with Crippen molar-refractivity contribution in [2.45, 2.75) is 86.3 Å². The Morgan fingerprint density at radius 1 is 0.755 bits per heavy atom. The van der Waals surface area contributed by atoms with Crippen LogP contribution in [-0.2, 0) is 17.2 Å². The molecule has 14 nitrogen and oxygen atoms in total. The third-order valence-corrected chi connectivity index (χ3v) is 8.25. The fourth-order valence-electron chi connectivity index (χ4n) is 5.47. The minimum Gasteiger partial charge on any atom is -0.478 e. The average molecular weight is 725 g/mol. The maximum Gasteiger partial charge on any atom is 0.651 e. The lowest BCUT2D eigenvalue weighted by atomic mass is 9.82. The lowest BCUT2D eigenvalue weighted by Gasteiger charge is -2.40. The Balaban J connectivity index is -0.000000353.